The number of hydrogen-bond donors (Lipinski definition) is 0. The molecular weight excluding hydrogens is 306 g/mol. The van der Waals surface area contributed by atoms with Crippen LogP contribution in [0.5, 0.6) is 0 Å². The molecule has 3 aromatic rings. The summed E-state index contributed by atoms with van der Waals surface area (Å²) in [6.45, 7) is 0.377. The number of fused-ring (bicyclic) bond motifs is 1. The van der Waals surface area contributed by atoms with E-state index in [2.05, 4.69) is 26.0 Å². The summed E-state index contributed by atoms with van der Waals surface area (Å²) in [5, 5.41) is 5.67. The van der Waals surface area contributed by atoms with Crippen molar-refractivity contribution in [1.82, 2.24) is 14.8 Å². The van der Waals surface area contributed by atoms with Gasteiger partial charge in [-0.15, -0.1) is 0 Å². The number of nitrogens with zero attached hydrogens (tertiary/aromatic N) is 3. The van der Waals surface area contributed by atoms with Crippen LogP contribution in [0.1, 0.15) is 5.69 Å². The highest BCUT2D eigenvalue weighted by Crippen LogP contribution is 2.15. The minimum absolute atomic E-state index is 0.107. The van der Waals surface area contributed by atoms with Gasteiger partial charge in [0.25, 0.3) is 5.56 Å². The highest BCUT2D eigenvalue weighted by molar-refractivity contribution is 9.10. The van der Waals surface area contributed by atoms with Crippen molar-refractivity contribution in [3.8, 4) is 0 Å². The third kappa shape index (κ3) is 2.42. The Hall–Kier alpha value is -2.01. The smallest absolute Gasteiger partial charge is 0.267 e. The van der Waals surface area contributed by atoms with E-state index >= 15 is 0 Å². The number of benzene rings is 1. The zero-order valence-corrected chi connectivity index (χ0v) is 11.5. The fraction of sp³-hybridized carbons (Fsp3) is 0.0714. The fourth-order valence-electron chi connectivity index (χ4n) is 1.91. The molecule has 0 aliphatic rings. The Morgan fingerprint density at radius 1 is 1.21 bits per heavy atom. The lowest BCUT2D eigenvalue weighted by atomic mass is 10.2. The molecule has 0 radical (unpaired) electrons. The van der Waals surface area contributed by atoms with Crippen LogP contribution >= 0.6 is 15.9 Å². The van der Waals surface area contributed by atoms with Crippen molar-refractivity contribution in [1.29, 1.82) is 0 Å². The molecule has 0 fully saturated rings. The van der Waals surface area contributed by atoms with E-state index in [1.807, 2.05) is 36.4 Å². The Bertz CT molecular complexity index is 784. The van der Waals surface area contributed by atoms with Gasteiger partial charge in [0, 0.05) is 16.1 Å². The van der Waals surface area contributed by atoms with E-state index in [9.17, 15) is 4.79 Å². The maximum atomic E-state index is 12.3. The van der Waals surface area contributed by atoms with E-state index in [4.69, 9.17) is 0 Å². The van der Waals surface area contributed by atoms with Gasteiger partial charge in [0.05, 0.1) is 23.8 Å². The molecule has 0 amide bonds. The predicted octanol–water partition coefficient (Wildman–Crippen LogP) is 2.60. The summed E-state index contributed by atoms with van der Waals surface area (Å²) < 4.78 is 2.31. The number of rotatable bonds is 2. The Balaban J connectivity index is 2.10. The van der Waals surface area contributed by atoms with Gasteiger partial charge in [-0.3, -0.25) is 9.78 Å². The second-order valence-electron chi connectivity index (χ2n) is 4.16. The second kappa shape index (κ2) is 4.93. The molecule has 2 heterocycles. The summed E-state index contributed by atoms with van der Waals surface area (Å²) in [6.07, 6.45) is 3.41. The summed E-state index contributed by atoms with van der Waals surface area (Å²) in [4.78, 5) is 16.5. The fourth-order valence-corrected chi connectivity index (χ4v) is 2.27. The maximum Gasteiger partial charge on any atom is 0.275 e. The molecule has 94 valence electrons. The minimum Gasteiger partial charge on any atom is -0.267 e. The van der Waals surface area contributed by atoms with Crippen LogP contribution in [0, 0.1) is 0 Å². The van der Waals surface area contributed by atoms with Gasteiger partial charge in [0.2, 0.25) is 0 Å². The monoisotopic (exact) mass is 315 g/mol. The van der Waals surface area contributed by atoms with Crippen molar-refractivity contribution in [3.63, 3.8) is 0 Å². The molecule has 5 heteroatoms. The van der Waals surface area contributed by atoms with Gasteiger partial charge in [0.15, 0.2) is 0 Å². The lowest BCUT2D eigenvalue weighted by Crippen LogP contribution is -2.23. The zero-order chi connectivity index (χ0) is 13.2. The molecule has 0 saturated heterocycles. The Labute approximate surface area is 117 Å². The topological polar surface area (TPSA) is 47.8 Å². The van der Waals surface area contributed by atoms with Gasteiger partial charge >= 0.3 is 0 Å². The normalized spacial score (nSPS) is 10.8. The lowest BCUT2D eigenvalue weighted by Gasteiger charge is -2.05. The van der Waals surface area contributed by atoms with Gasteiger partial charge in [-0.1, -0.05) is 28.1 Å². The number of pyridine rings is 1. The van der Waals surface area contributed by atoms with E-state index < -0.39 is 0 Å². The first-order valence-corrected chi connectivity index (χ1v) is 6.58. The van der Waals surface area contributed by atoms with E-state index in [1.165, 1.54) is 4.68 Å². The number of halogens is 1. The molecule has 0 unspecified atom stereocenters. The standard InChI is InChI=1S/C14H10BrN3O/c15-11-5-4-10-8-17-18(14(19)13(10)7-11)9-12-3-1-2-6-16-12/h1-8H,9H2. The van der Waals surface area contributed by atoms with E-state index in [0.29, 0.717) is 11.9 Å². The SMILES string of the molecule is O=c1c2cc(Br)ccc2cnn1Cc1ccccn1. The largest absolute Gasteiger partial charge is 0.275 e. The van der Waals surface area contributed by atoms with Crippen molar-refractivity contribution in [3.05, 3.63) is 69.3 Å². The molecule has 4 nitrogen and oxygen atoms in total. The Morgan fingerprint density at radius 3 is 2.89 bits per heavy atom. The van der Waals surface area contributed by atoms with Gasteiger partial charge in [0.1, 0.15) is 0 Å². The van der Waals surface area contributed by atoms with Crippen molar-refractivity contribution in [2.45, 2.75) is 6.54 Å². The summed E-state index contributed by atoms with van der Waals surface area (Å²) in [6, 6.07) is 11.2. The number of hydrogen-bond acceptors (Lipinski definition) is 3. The molecule has 1 aromatic carbocycles. The van der Waals surface area contributed by atoms with Gasteiger partial charge in [-0.25, -0.2) is 4.68 Å². The zero-order valence-electron chi connectivity index (χ0n) is 9.95. The Kier molecular flexibility index (Phi) is 3.13. The van der Waals surface area contributed by atoms with Crippen LogP contribution in [0.2, 0.25) is 0 Å². The molecule has 0 bridgehead atoms. The van der Waals surface area contributed by atoms with Crippen molar-refractivity contribution >= 4 is 26.7 Å². The first-order chi connectivity index (χ1) is 9.24. The average molecular weight is 316 g/mol. The molecule has 0 N–H and O–H groups in total. The molecular formula is C14H10BrN3O. The van der Waals surface area contributed by atoms with Crippen LogP contribution in [0.25, 0.3) is 10.8 Å². The molecule has 0 aliphatic heterocycles. The van der Waals surface area contributed by atoms with Gasteiger partial charge in [-0.2, -0.15) is 5.10 Å². The quantitative estimate of drug-likeness (QED) is 0.730. The van der Waals surface area contributed by atoms with Crippen molar-refractivity contribution in [2.24, 2.45) is 0 Å². The summed E-state index contributed by atoms with van der Waals surface area (Å²) >= 11 is 3.38. The van der Waals surface area contributed by atoms with Crippen LogP contribution in [0.4, 0.5) is 0 Å². The van der Waals surface area contributed by atoms with Crippen LogP contribution in [0.3, 0.4) is 0 Å². The van der Waals surface area contributed by atoms with Crippen LogP contribution in [-0.4, -0.2) is 14.8 Å². The van der Waals surface area contributed by atoms with Crippen LogP contribution in [0.15, 0.2) is 58.1 Å². The maximum absolute atomic E-state index is 12.3. The van der Waals surface area contributed by atoms with Crippen LogP contribution < -0.4 is 5.56 Å². The highest BCUT2D eigenvalue weighted by Gasteiger charge is 2.05. The highest BCUT2D eigenvalue weighted by atomic mass is 79.9. The molecule has 2 aromatic heterocycles. The average Bonchev–Trinajstić information content (AvgIpc) is 2.44. The number of aromatic nitrogens is 3. The minimum atomic E-state index is -0.107. The molecule has 3 rings (SSSR count). The van der Waals surface area contributed by atoms with Crippen LogP contribution in [-0.2, 0) is 6.54 Å². The van der Waals surface area contributed by atoms with Gasteiger partial charge < -0.3 is 0 Å². The third-order valence-corrected chi connectivity index (χ3v) is 3.35. The summed E-state index contributed by atoms with van der Waals surface area (Å²) in [7, 11) is 0. The first-order valence-electron chi connectivity index (χ1n) is 5.79. The second-order valence-corrected chi connectivity index (χ2v) is 5.08. The van der Waals surface area contributed by atoms with E-state index in [1.54, 1.807) is 12.4 Å². The third-order valence-electron chi connectivity index (χ3n) is 2.85. The predicted molar refractivity (Wildman–Crippen MR) is 77.0 cm³/mol. The summed E-state index contributed by atoms with van der Waals surface area (Å²) in [5.41, 5.74) is 0.705. The lowest BCUT2D eigenvalue weighted by molar-refractivity contribution is 0.636. The van der Waals surface area contributed by atoms with E-state index in [0.717, 1.165) is 15.6 Å². The summed E-state index contributed by atoms with van der Waals surface area (Å²) in [5.74, 6) is 0. The molecule has 0 spiro atoms. The molecule has 0 aliphatic carbocycles. The van der Waals surface area contributed by atoms with E-state index in [-0.39, 0.29) is 5.56 Å². The molecule has 19 heavy (non-hydrogen) atoms. The molecule has 0 atom stereocenters. The van der Waals surface area contributed by atoms with Crippen molar-refractivity contribution in [2.75, 3.05) is 0 Å². The first kappa shape index (κ1) is 12.0. The van der Waals surface area contributed by atoms with Crippen molar-refractivity contribution < 1.29 is 0 Å². The van der Waals surface area contributed by atoms with Gasteiger partial charge in [-0.05, 0) is 24.3 Å². The molecule has 0 saturated carbocycles. The Morgan fingerprint density at radius 2 is 2.11 bits per heavy atom.